The molecule has 2 amide bonds. The van der Waals surface area contributed by atoms with Crippen LogP contribution >= 0.6 is 11.6 Å². The molecule has 0 aliphatic carbocycles. The van der Waals surface area contributed by atoms with E-state index in [1.54, 1.807) is 30.3 Å². The van der Waals surface area contributed by atoms with E-state index >= 15 is 0 Å². The molecule has 0 fully saturated rings. The van der Waals surface area contributed by atoms with E-state index < -0.39 is 11.8 Å². The number of hydrogen-bond donors (Lipinski definition) is 2. The van der Waals surface area contributed by atoms with E-state index in [-0.39, 0.29) is 6.54 Å². The second-order valence-corrected chi connectivity index (χ2v) is 6.44. The van der Waals surface area contributed by atoms with Gasteiger partial charge in [-0.05, 0) is 48.4 Å². The summed E-state index contributed by atoms with van der Waals surface area (Å²) in [5, 5.41) is 6.86. The molecule has 30 heavy (non-hydrogen) atoms. The molecule has 0 unspecified atom stereocenters. The molecule has 2 N–H and O–H groups in total. The lowest BCUT2D eigenvalue weighted by molar-refractivity contribution is -0.139. The van der Waals surface area contributed by atoms with E-state index in [1.807, 2.05) is 19.1 Å². The summed E-state index contributed by atoms with van der Waals surface area (Å²) in [6.07, 6.45) is 1.41. The van der Waals surface area contributed by atoms with Crippen molar-refractivity contribution in [2.75, 3.05) is 26.9 Å². The lowest BCUT2D eigenvalue weighted by atomic mass is 10.2. The van der Waals surface area contributed by atoms with Crippen molar-refractivity contribution in [3.63, 3.8) is 0 Å². The number of rotatable bonds is 10. The maximum Gasteiger partial charge on any atom is 0.329 e. The molecule has 2 rings (SSSR count). The molecule has 0 radical (unpaired) electrons. The fourth-order valence-electron chi connectivity index (χ4n) is 2.30. The molecule has 2 aromatic carbocycles. The number of benzene rings is 2. The zero-order valence-electron chi connectivity index (χ0n) is 16.8. The average Bonchev–Trinajstić information content (AvgIpc) is 2.74. The molecule has 0 aliphatic rings. The van der Waals surface area contributed by atoms with Gasteiger partial charge in [-0.15, -0.1) is 0 Å². The number of carbonyl (C=O) groups is 2. The van der Waals surface area contributed by atoms with Gasteiger partial charge in [-0.3, -0.25) is 9.59 Å². The quantitative estimate of drug-likeness (QED) is 0.260. The van der Waals surface area contributed by atoms with Gasteiger partial charge in [0.25, 0.3) is 0 Å². The Morgan fingerprint density at radius 2 is 1.83 bits per heavy atom. The van der Waals surface area contributed by atoms with Gasteiger partial charge in [0.2, 0.25) is 0 Å². The van der Waals surface area contributed by atoms with Gasteiger partial charge in [0.1, 0.15) is 6.61 Å². The first-order chi connectivity index (χ1) is 14.5. The third-order valence-corrected chi connectivity index (χ3v) is 4.00. The highest BCUT2D eigenvalue weighted by molar-refractivity contribution is 6.35. The summed E-state index contributed by atoms with van der Waals surface area (Å²) in [7, 11) is 1.50. The van der Waals surface area contributed by atoms with Gasteiger partial charge >= 0.3 is 11.8 Å². The fraction of sp³-hybridized carbons (Fsp3) is 0.286. The summed E-state index contributed by atoms with van der Waals surface area (Å²) in [6.45, 7) is 3.23. The average molecular weight is 434 g/mol. The minimum Gasteiger partial charge on any atom is -0.490 e. The highest BCUT2D eigenvalue weighted by Crippen LogP contribution is 2.29. The summed E-state index contributed by atoms with van der Waals surface area (Å²) in [5.74, 6) is -0.537. The molecule has 9 heteroatoms. The van der Waals surface area contributed by atoms with Gasteiger partial charge in [0.05, 0.1) is 19.4 Å². The molecule has 0 bridgehead atoms. The summed E-state index contributed by atoms with van der Waals surface area (Å²) < 4.78 is 16.3. The largest absolute Gasteiger partial charge is 0.490 e. The zero-order valence-corrected chi connectivity index (χ0v) is 17.6. The van der Waals surface area contributed by atoms with Crippen LogP contribution in [0.1, 0.15) is 18.1 Å². The summed E-state index contributed by atoms with van der Waals surface area (Å²) >= 11 is 5.89. The molecule has 2 aromatic rings. The van der Waals surface area contributed by atoms with Crippen molar-refractivity contribution in [2.45, 2.75) is 13.5 Å². The third kappa shape index (κ3) is 7.73. The molecule has 0 spiro atoms. The number of nitrogens with one attached hydrogen (secondary N) is 2. The van der Waals surface area contributed by atoms with Gasteiger partial charge in [-0.1, -0.05) is 23.7 Å². The summed E-state index contributed by atoms with van der Waals surface area (Å²) in [6, 6.07) is 12.6. The Morgan fingerprint density at radius 1 is 1.07 bits per heavy atom. The van der Waals surface area contributed by atoms with Crippen molar-refractivity contribution in [3.05, 3.63) is 58.6 Å². The van der Waals surface area contributed by atoms with E-state index in [9.17, 15) is 9.59 Å². The third-order valence-electron chi connectivity index (χ3n) is 3.75. The minimum absolute atomic E-state index is 0.238. The van der Waals surface area contributed by atoms with Crippen LogP contribution in [0.4, 0.5) is 0 Å². The standard InChI is InChI=1S/C21H24ClN3O5/c1-3-29-19-12-16(13-24-25-21(27)20(26)23-10-11-28-2)6-9-18(19)30-14-15-4-7-17(22)8-5-15/h4-9,12-13H,3,10-11,14H2,1-2H3,(H,23,26)(H,25,27)/b24-13+. The molecule has 0 atom stereocenters. The first-order valence-corrected chi connectivity index (χ1v) is 9.65. The van der Waals surface area contributed by atoms with Crippen molar-refractivity contribution >= 4 is 29.6 Å². The monoisotopic (exact) mass is 433 g/mol. The van der Waals surface area contributed by atoms with Gasteiger partial charge in [0, 0.05) is 18.7 Å². The van der Waals surface area contributed by atoms with Crippen LogP contribution in [-0.4, -0.2) is 44.9 Å². The SMILES string of the molecule is CCOc1cc(/C=N/NC(=O)C(=O)NCCOC)ccc1OCc1ccc(Cl)cc1. The Labute approximate surface area is 180 Å². The highest BCUT2D eigenvalue weighted by Gasteiger charge is 2.11. The van der Waals surface area contributed by atoms with Crippen LogP contribution in [0.5, 0.6) is 11.5 Å². The van der Waals surface area contributed by atoms with Crippen LogP contribution in [0.3, 0.4) is 0 Å². The maximum atomic E-state index is 11.7. The normalized spacial score (nSPS) is 10.6. The van der Waals surface area contributed by atoms with Crippen molar-refractivity contribution < 1.29 is 23.8 Å². The van der Waals surface area contributed by atoms with E-state index in [1.165, 1.54) is 13.3 Å². The topological polar surface area (TPSA) is 98.2 Å². The van der Waals surface area contributed by atoms with Gasteiger partial charge in [-0.25, -0.2) is 5.43 Å². The Kier molecular flexibility index (Phi) is 9.63. The predicted molar refractivity (Wildman–Crippen MR) is 114 cm³/mol. The minimum atomic E-state index is -0.865. The molecule has 0 saturated heterocycles. The second kappa shape index (κ2) is 12.5. The van der Waals surface area contributed by atoms with Gasteiger partial charge in [-0.2, -0.15) is 5.10 Å². The molecule has 0 heterocycles. The molecule has 0 aliphatic heterocycles. The van der Waals surface area contributed by atoms with Gasteiger partial charge < -0.3 is 19.5 Å². The van der Waals surface area contributed by atoms with Crippen molar-refractivity contribution in [3.8, 4) is 11.5 Å². The maximum absolute atomic E-state index is 11.7. The molecule has 8 nitrogen and oxygen atoms in total. The number of hydrogen-bond acceptors (Lipinski definition) is 6. The van der Waals surface area contributed by atoms with Crippen LogP contribution in [0.2, 0.25) is 5.02 Å². The second-order valence-electron chi connectivity index (χ2n) is 6.00. The molecular weight excluding hydrogens is 410 g/mol. The molecule has 0 saturated carbocycles. The van der Waals surface area contributed by atoms with Crippen LogP contribution in [0.25, 0.3) is 0 Å². The number of halogens is 1. The number of methoxy groups -OCH3 is 1. The van der Waals surface area contributed by atoms with Crippen molar-refractivity contribution in [2.24, 2.45) is 5.10 Å². The fourth-order valence-corrected chi connectivity index (χ4v) is 2.42. The number of nitrogens with zero attached hydrogens (tertiary/aromatic N) is 1. The van der Waals surface area contributed by atoms with Gasteiger partial charge in [0.15, 0.2) is 11.5 Å². The lowest BCUT2D eigenvalue weighted by Gasteiger charge is -2.12. The number of carbonyl (C=O) groups excluding carboxylic acids is 2. The highest BCUT2D eigenvalue weighted by atomic mass is 35.5. The number of ether oxygens (including phenoxy) is 3. The Hall–Kier alpha value is -3.10. The van der Waals surface area contributed by atoms with Crippen LogP contribution in [0.15, 0.2) is 47.6 Å². The zero-order chi connectivity index (χ0) is 21.8. The first kappa shape index (κ1) is 23.2. The van der Waals surface area contributed by atoms with E-state index in [4.69, 9.17) is 25.8 Å². The van der Waals surface area contributed by atoms with E-state index in [0.717, 1.165) is 5.56 Å². The lowest BCUT2D eigenvalue weighted by Crippen LogP contribution is -2.39. The summed E-state index contributed by atoms with van der Waals surface area (Å²) in [5.41, 5.74) is 3.81. The van der Waals surface area contributed by atoms with Crippen molar-refractivity contribution in [1.82, 2.24) is 10.7 Å². The Morgan fingerprint density at radius 3 is 2.53 bits per heavy atom. The molecule has 160 valence electrons. The first-order valence-electron chi connectivity index (χ1n) is 9.27. The smallest absolute Gasteiger partial charge is 0.329 e. The van der Waals surface area contributed by atoms with Crippen LogP contribution < -0.4 is 20.2 Å². The van der Waals surface area contributed by atoms with Crippen LogP contribution in [-0.2, 0) is 20.9 Å². The Balaban J connectivity index is 1.96. The summed E-state index contributed by atoms with van der Waals surface area (Å²) in [4.78, 5) is 23.2. The van der Waals surface area contributed by atoms with E-state index in [0.29, 0.717) is 41.9 Å². The van der Waals surface area contributed by atoms with E-state index in [2.05, 4.69) is 15.8 Å². The Bertz CT molecular complexity index is 871. The molecular formula is C21H24ClN3O5. The molecule has 0 aromatic heterocycles. The number of amides is 2. The number of hydrazone groups is 1. The van der Waals surface area contributed by atoms with Crippen molar-refractivity contribution in [1.29, 1.82) is 0 Å². The van der Waals surface area contributed by atoms with Crippen LogP contribution in [0, 0.1) is 0 Å². The predicted octanol–water partition coefficient (Wildman–Crippen LogP) is 2.53.